The molecule has 0 unspecified atom stereocenters. The van der Waals surface area contributed by atoms with E-state index < -0.39 is 0 Å². The van der Waals surface area contributed by atoms with E-state index in [0.29, 0.717) is 5.69 Å². The number of aryl methyl sites for hydroxylation is 1. The number of esters is 1. The highest BCUT2D eigenvalue weighted by Gasteiger charge is 2.36. The van der Waals surface area contributed by atoms with Crippen LogP contribution in [0.3, 0.4) is 0 Å². The number of nitriles is 1. The highest BCUT2D eigenvalue weighted by atomic mass is 16.5. The van der Waals surface area contributed by atoms with Gasteiger partial charge in [0.2, 0.25) is 0 Å². The Kier molecular flexibility index (Phi) is 13.1. The molecule has 1 aromatic heterocycles. The van der Waals surface area contributed by atoms with Crippen molar-refractivity contribution in [2.75, 3.05) is 0 Å². The minimum absolute atomic E-state index is 0.0896. The molecule has 2 rings (SSSR count). The molecule has 33 heavy (non-hydrogen) atoms. The van der Waals surface area contributed by atoms with Gasteiger partial charge in [-0.2, -0.15) is 5.26 Å². The second kappa shape index (κ2) is 15.9. The summed E-state index contributed by atoms with van der Waals surface area (Å²) >= 11 is 0. The van der Waals surface area contributed by atoms with Crippen LogP contribution in [0.25, 0.3) is 0 Å². The van der Waals surface area contributed by atoms with E-state index in [2.05, 4.69) is 24.9 Å². The Hall–Kier alpha value is -1.89. The second-order valence-electron chi connectivity index (χ2n) is 10.1. The monoisotopic (exact) mass is 454 g/mol. The van der Waals surface area contributed by atoms with Crippen molar-refractivity contribution < 1.29 is 9.53 Å². The summed E-state index contributed by atoms with van der Waals surface area (Å²) < 4.78 is 5.75. The third-order valence-corrected chi connectivity index (χ3v) is 7.26. The Labute approximate surface area is 202 Å². The van der Waals surface area contributed by atoms with E-state index in [0.717, 1.165) is 44.9 Å². The molecule has 0 aliphatic heterocycles. The first kappa shape index (κ1) is 27.4. The quantitative estimate of drug-likeness (QED) is 0.186. The molecule has 0 N–H and O–H groups in total. The number of rotatable bonds is 16. The average molecular weight is 455 g/mol. The molecule has 0 radical (unpaired) electrons. The standard InChI is InChI=1S/C29H46N2O2/c1-3-5-7-9-10-11-13-15-25-16-17-27(31-23-25)28(32)33-26-18-21-29(24-30,22-19-26)20-14-12-8-6-4-2/h16-17,23,26H,3-15,18-22H2,1-2H3. The Bertz CT molecular complexity index is 699. The number of hydrogen-bond acceptors (Lipinski definition) is 4. The molecule has 1 heterocycles. The summed E-state index contributed by atoms with van der Waals surface area (Å²) in [6, 6.07) is 6.42. The predicted molar refractivity (Wildman–Crippen MR) is 135 cm³/mol. The molecule has 1 fully saturated rings. The summed E-state index contributed by atoms with van der Waals surface area (Å²) in [6.45, 7) is 4.47. The first-order valence-electron chi connectivity index (χ1n) is 13.7. The van der Waals surface area contributed by atoms with Crippen LogP contribution >= 0.6 is 0 Å². The van der Waals surface area contributed by atoms with E-state index in [1.165, 1.54) is 76.2 Å². The van der Waals surface area contributed by atoms with Crippen molar-refractivity contribution in [1.29, 1.82) is 5.26 Å². The van der Waals surface area contributed by atoms with Crippen molar-refractivity contribution in [2.45, 2.75) is 136 Å². The van der Waals surface area contributed by atoms with Gasteiger partial charge in [0.15, 0.2) is 0 Å². The van der Waals surface area contributed by atoms with E-state index in [4.69, 9.17) is 4.74 Å². The largest absolute Gasteiger partial charge is 0.458 e. The van der Waals surface area contributed by atoms with Crippen LogP contribution < -0.4 is 0 Å². The maximum Gasteiger partial charge on any atom is 0.357 e. The summed E-state index contributed by atoms with van der Waals surface area (Å²) in [7, 11) is 0. The molecule has 4 nitrogen and oxygen atoms in total. The fourth-order valence-electron chi connectivity index (χ4n) is 4.94. The highest BCUT2D eigenvalue weighted by Crippen LogP contribution is 2.41. The van der Waals surface area contributed by atoms with E-state index in [1.807, 2.05) is 12.3 Å². The molecule has 1 aliphatic rings. The number of carbonyl (C=O) groups excluding carboxylic acids is 1. The highest BCUT2D eigenvalue weighted by molar-refractivity contribution is 5.87. The molecule has 4 heteroatoms. The average Bonchev–Trinajstić information content (AvgIpc) is 2.85. The zero-order valence-corrected chi connectivity index (χ0v) is 21.2. The van der Waals surface area contributed by atoms with E-state index in [1.54, 1.807) is 6.07 Å². The summed E-state index contributed by atoms with van der Waals surface area (Å²) in [5, 5.41) is 9.77. The molecule has 0 spiro atoms. The fourth-order valence-corrected chi connectivity index (χ4v) is 4.94. The topological polar surface area (TPSA) is 63.0 Å². The maximum atomic E-state index is 12.6. The van der Waals surface area contributed by atoms with Gasteiger partial charge in [-0.3, -0.25) is 0 Å². The van der Waals surface area contributed by atoms with Crippen LogP contribution in [-0.2, 0) is 11.2 Å². The lowest BCUT2D eigenvalue weighted by molar-refractivity contribution is 0.00985. The molecule has 184 valence electrons. The lowest BCUT2D eigenvalue weighted by atomic mass is 9.71. The van der Waals surface area contributed by atoms with Crippen LogP contribution in [0.15, 0.2) is 18.3 Å². The third kappa shape index (κ3) is 10.3. The second-order valence-corrected chi connectivity index (χ2v) is 10.1. The van der Waals surface area contributed by atoms with E-state index in [9.17, 15) is 10.1 Å². The summed E-state index contributed by atoms with van der Waals surface area (Å²) in [4.78, 5) is 16.9. The van der Waals surface area contributed by atoms with Crippen LogP contribution in [0.1, 0.15) is 139 Å². The number of aromatic nitrogens is 1. The third-order valence-electron chi connectivity index (χ3n) is 7.26. The molecule has 0 aromatic carbocycles. The molecular weight excluding hydrogens is 408 g/mol. The number of unbranched alkanes of at least 4 members (excludes halogenated alkanes) is 10. The number of ether oxygens (including phenoxy) is 1. The minimum atomic E-state index is -0.327. The smallest absolute Gasteiger partial charge is 0.357 e. The minimum Gasteiger partial charge on any atom is -0.458 e. The molecule has 0 bridgehead atoms. The molecular formula is C29H46N2O2. The molecule has 0 saturated heterocycles. The van der Waals surface area contributed by atoms with Gasteiger partial charge in [0.25, 0.3) is 0 Å². The van der Waals surface area contributed by atoms with Crippen molar-refractivity contribution in [3.05, 3.63) is 29.6 Å². The van der Waals surface area contributed by atoms with Crippen molar-refractivity contribution in [3.63, 3.8) is 0 Å². The van der Waals surface area contributed by atoms with Gasteiger partial charge < -0.3 is 4.74 Å². The van der Waals surface area contributed by atoms with Crippen LogP contribution in [0.2, 0.25) is 0 Å². The van der Waals surface area contributed by atoms with Crippen LogP contribution in [-0.4, -0.2) is 17.1 Å². The lowest BCUT2D eigenvalue weighted by Gasteiger charge is -2.34. The van der Waals surface area contributed by atoms with Gasteiger partial charge in [0.05, 0.1) is 11.5 Å². The van der Waals surface area contributed by atoms with Crippen molar-refractivity contribution in [3.8, 4) is 6.07 Å². The van der Waals surface area contributed by atoms with Crippen molar-refractivity contribution >= 4 is 5.97 Å². The summed E-state index contributed by atoms with van der Waals surface area (Å²) in [5.41, 5.74) is 1.37. The van der Waals surface area contributed by atoms with Crippen LogP contribution in [0, 0.1) is 16.7 Å². The number of nitrogens with zero attached hydrogens (tertiary/aromatic N) is 2. The maximum absolute atomic E-state index is 12.6. The van der Waals surface area contributed by atoms with Crippen LogP contribution in [0.4, 0.5) is 0 Å². The Morgan fingerprint density at radius 3 is 2.15 bits per heavy atom. The summed E-state index contributed by atoms with van der Waals surface area (Å²) in [6.07, 6.45) is 22.2. The first-order chi connectivity index (χ1) is 16.1. The van der Waals surface area contributed by atoms with Crippen LogP contribution in [0.5, 0.6) is 0 Å². The molecule has 1 aliphatic carbocycles. The number of hydrogen-bond donors (Lipinski definition) is 0. The molecule has 1 aromatic rings. The predicted octanol–water partition coefficient (Wildman–Crippen LogP) is 8.34. The van der Waals surface area contributed by atoms with Gasteiger partial charge in [0.1, 0.15) is 11.8 Å². The Morgan fingerprint density at radius 1 is 0.970 bits per heavy atom. The fraction of sp³-hybridized carbons (Fsp3) is 0.759. The van der Waals surface area contributed by atoms with Gasteiger partial charge >= 0.3 is 5.97 Å². The van der Waals surface area contributed by atoms with E-state index in [-0.39, 0.29) is 17.5 Å². The number of pyridine rings is 1. The zero-order valence-electron chi connectivity index (χ0n) is 21.2. The van der Waals surface area contributed by atoms with Gasteiger partial charge in [0, 0.05) is 6.20 Å². The first-order valence-corrected chi connectivity index (χ1v) is 13.7. The molecule has 0 atom stereocenters. The Morgan fingerprint density at radius 2 is 1.58 bits per heavy atom. The van der Waals surface area contributed by atoms with Gasteiger partial charge in [-0.15, -0.1) is 0 Å². The van der Waals surface area contributed by atoms with Crippen molar-refractivity contribution in [2.24, 2.45) is 5.41 Å². The zero-order chi connectivity index (χ0) is 23.8. The molecule has 0 amide bonds. The van der Waals surface area contributed by atoms with E-state index >= 15 is 0 Å². The van der Waals surface area contributed by atoms with Gasteiger partial charge in [-0.1, -0.05) is 90.5 Å². The SMILES string of the molecule is CCCCCCCCCc1ccc(C(=O)OC2CCC(C#N)(CCCCCCC)CC2)nc1. The number of carbonyl (C=O) groups is 1. The normalized spacial score (nSPS) is 20.3. The van der Waals surface area contributed by atoms with Gasteiger partial charge in [-0.25, -0.2) is 9.78 Å². The summed E-state index contributed by atoms with van der Waals surface area (Å²) in [5.74, 6) is -0.327. The van der Waals surface area contributed by atoms with Gasteiger partial charge in [-0.05, 0) is 56.6 Å². The Balaban J connectivity index is 1.68. The van der Waals surface area contributed by atoms with Crippen molar-refractivity contribution in [1.82, 2.24) is 4.98 Å². The molecule has 1 saturated carbocycles. The lowest BCUT2D eigenvalue weighted by Crippen LogP contribution is -2.31.